The lowest BCUT2D eigenvalue weighted by atomic mass is 10.1. The van der Waals surface area contributed by atoms with Gasteiger partial charge < -0.3 is 20.5 Å². The molecule has 0 unspecified atom stereocenters. The first-order chi connectivity index (χ1) is 14.0. The van der Waals surface area contributed by atoms with Crippen LogP contribution in [0.4, 0.5) is 5.69 Å². The van der Waals surface area contributed by atoms with Gasteiger partial charge in [-0.05, 0) is 31.2 Å². The smallest absolute Gasteiger partial charge is 0.254 e. The molecular formula is C21H21N5O3. The van der Waals surface area contributed by atoms with Crippen molar-refractivity contribution in [3.05, 3.63) is 59.9 Å². The van der Waals surface area contributed by atoms with Crippen LogP contribution < -0.4 is 16.0 Å². The van der Waals surface area contributed by atoms with Crippen LogP contribution >= 0.6 is 0 Å². The van der Waals surface area contributed by atoms with Gasteiger partial charge in [-0.1, -0.05) is 24.3 Å². The number of aromatic nitrogens is 2. The maximum Gasteiger partial charge on any atom is 0.254 e. The second-order valence-electron chi connectivity index (χ2n) is 6.91. The number of fused-ring (bicyclic) bond motifs is 2. The standard InChI is InChI=1S/C21H21N5O3/c1-13-23-16-8-4-5-9-18(16)26(13)11-10-22-19(27)12-17-21(29)24-15-7-3-2-6-14(15)20(28)25-17/h2-9,17H,10-12H2,1H3,(H,22,27)(H,24,29)(H,25,28)/t17-/m0/s1. The molecule has 2 aromatic carbocycles. The normalized spacial score (nSPS) is 16.0. The van der Waals surface area contributed by atoms with Gasteiger partial charge in [-0.15, -0.1) is 0 Å². The monoisotopic (exact) mass is 391 g/mol. The Morgan fingerprint density at radius 1 is 1.14 bits per heavy atom. The highest BCUT2D eigenvalue weighted by Gasteiger charge is 2.29. The Hall–Kier alpha value is -3.68. The molecule has 8 heteroatoms. The number of rotatable bonds is 5. The average Bonchev–Trinajstić information content (AvgIpc) is 2.96. The van der Waals surface area contributed by atoms with E-state index in [-0.39, 0.29) is 18.2 Å². The Morgan fingerprint density at radius 2 is 1.90 bits per heavy atom. The van der Waals surface area contributed by atoms with E-state index in [1.165, 1.54) is 0 Å². The summed E-state index contributed by atoms with van der Waals surface area (Å²) in [6, 6.07) is 13.6. The molecule has 3 aromatic rings. The maximum absolute atomic E-state index is 12.4. The summed E-state index contributed by atoms with van der Waals surface area (Å²) >= 11 is 0. The van der Waals surface area contributed by atoms with E-state index in [1.54, 1.807) is 24.3 Å². The van der Waals surface area contributed by atoms with Crippen LogP contribution in [0.5, 0.6) is 0 Å². The van der Waals surface area contributed by atoms with Gasteiger partial charge in [-0.25, -0.2) is 4.98 Å². The largest absolute Gasteiger partial charge is 0.354 e. The minimum Gasteiger partial charge on any atom is -0.354 e. The molecule has 29 heavy (non-hydrogen) atoms. The summed E-state index contributed by atoms with van der Waals surface area (Å²) in [5.41, 5.74) is 2.74. The summed E-state index contributed by atoms with van der Waals surface area (Å²) in [4.78, 5) is 41.6. The molecule has 0 radical (unpaired) electrons. The first-order valence-electron chi connectivity index (χ1n) is 9.42. The van der Waals surface area contributed by atoms with E-state index in [9.17, 15) is 14.4 Å². The van der Waals surface area contributed by atoms with E-state index in [2.05, 4.69) is 20.9 Å². The number of anilines is 1. The number of carbonyl (C=O) groups excluding carboxylic acids is 3. The number of carbonyl (C=O) groups is 3. The van der Waals surface area contributed by atoms with Crippen molar-refractivity contribution in [3.63, 3.8) is 0 Å². The second kappa shape index (κ2) is 7.75. The minimum atomic E-state index is -0.925. The third-order valence-corrected chi connectivity index (χ3v) is 4.94. The summed E-state index contributed by atoms with van der Waals surface area (Å²) in [7, 11) is 0. The van der Waals surface area contributed by atoms with Gasteiger partial charge in [0.2, 0.25) is 11.8 Å². The van der Waals surface area contributed by atoms with E-state index in [0.717, 1.165) is 16.9 Å². The van der Waals surface area contributed by atoms with Gasteiger partial charge in [0.15, 0.2) is 0 Å². The molecule has 148 valence electrons. The molecule has 0 spiro atoms. The number of aryl methyl sites for hydroxylation is 1. The molecule has 3 amide bonds. The van der Waals surface area contributed by atoms with Gasteiger partial charge >= 0.3 is 0 Å². The summed E-state index contributed by atoms with van der Waals surface area (Å²) in [5.74, 6) is -0.223. The van der Waals surface area contributed by atoms with Crippen LogP contribution in [-0.4, -0.2) is 39.9 Å². The first-order valence-corrected chi connectivity index (χ1v) is 9.42. The summed E-state index contributed by atoms with van der Waals surface area (Å²) < 4.78 is 2.03. The number of amides is 3. The van der Waals surface area contributed by atoms with Gasteiger partial charge in [-0.2, -0.15) is 0 Å². The van der Waals surface area contributed by atoms with Crippen molar-refractivity contribution in [2.75, 3.05) is 11.9 Å². The van der Waals surface area contributed by atoms with E-state index < -0.39 is 11.9 Å². The van der Waals surface area contributed by atoms with Crippen LogP contribution in [0, 0.1) is 6.92 Å². The zero-order valence-electron chi connectivity index (χ0n) is 15.9. The third-order valence-electron chi connectivity index (χ3n) is 4.94. The molecule has 3 N–H and O–H groups in total. The van der Waals surface area contributed by atoms with Crippen LogP contribution in [0.15, 0.2) is 48.5 Å². The zero-order valence-corrected chi connectivity index (χ0v) is 15.9. The van der Waals surface area contributed by atoms with Crippen LogP contribution in [0.3, 0.4) is 0 Å². The topological polar surface area (TPSA) is 105 Å². The zero-order chi connectivity index (χ0) is 20.4. The van der Waals surface area contributed by atoms with Crippen molar-refractivity contribution in [2.45, 2.75) is 25.9 Å². The number of nitrogens with zero attached hydrogens (tertiary/aromatic N) is 2. The van der Waals surface area contributed by atoms with E-state index >= 15 is 0 Å². The van der Waals surface area contributed by atoms with Crippen LogP contribution in [0.1, 0.15) is 22.6 Å². The molecule has 1 aromatic heterocycles. The Balaban J connectivity index is 1.36. The van der Waals surface area contributed by atoms with Crippen LogP contribution in [0.2, 0.25) is 0 Å². The molecule has 2 heterocycles. The lowest BCUT2D eigenvalue weighted by molar-refractivity contribution is -0.125. The van der Waals surface area contributed by atoms with Gasteiger partial charge in [0.05, 0.1) is 28.7 Å². The molecular weight excluding hydrogens is 370 g/mol. The van der Waals surface area contributed by atoms with E-state index in [1.807, 2.05) is 35.8 Å². The quantitative estimate of drug-likeness (QED) is 0.614. The summed E-state index contributed by atoms with van der Waals surface area (Å²) in [5, 5.41) is 8.14. The molecule has 8 nitrogen and oxygen atoms in total. The van der Waals surface area contributed by atoms with E-state index in [0.29, 0.717) is 24.3 Å². The van der Waals surface area contributed by atoms with Crippen LogP contribution in [0.25, 0.3) is 11.0 Å². The fourth-order valence-corrected chi connectivity index (χ4v) is 3.50. The predicted molar refractivity (Wildman–Crippen MR) is 108 cm³/mol. The molecule has 1 aliphatic heterocycles. The van der Waals surface area contributed by atoms with Gasteiger partial charge in [-0.3, -0.25) is 14.4 Å². The number of imidazole rings is 1. The molecule has 0 saturated heterocycles. The van der Waals surface area contributed by atoms with Gasteiger partial charge in [0.25, 0.3) is 5.91 Å². The van der Waals surface area contributed by atoms with Gasteiger partial charge in [0.1, 0.15) is 11.9 Å². The lowest BCUT2D eigenvalue weighted by Crippen LogP contribution is -2.44. The van der Waals surface area contributed by atoms with Gasteiger partial charge in [0, 0.05) is 13.1 Å². The number of hydrogen-bond donors (Lipinski definition) is 3. The Labute approximate surface area is 167 Å². The molecule has 0 bridgehead atoms. The van der Waals surface area contributed by atoms with Crippen molar-refractivity contribution in [1.29, 1.82) is 0 Å². The molecule has 0 saturated carbocycles. The number of para-hydroxylation sites is 3. The van der Waals surface area contributed by atoms with E-state index in [4.69, 9.17) is 0 Å². The Bertz CT molecular complexity index is 1100. The Morgan fingerprint density at radius 3 is 2.76 bits per heavy atom. The fraction of sp³-hybridized carbons (Fsp3) is 0.238. The highest BCUT2D eigenvalue weighted by Crippen LogP contribution is 2.19. The van der Waals surface area contributed by atoms with Crippen molar-refractivity contribution < 1.29 is 14.4 Å². The molecule has 1 atom stereocenters. The molecule has 0 fully saturated rings. The highest BCUT2D eigenvalue weighted by atomic mass is 16.2. The van der Waals surface area contributed by atoms with Crippen molar-refractivity contribution in [1.82, 2.24) is 20.2 Å². The molecule has 4 rings (SSSR count). The van der Waals surface area contributed by atoms with Crippen LogP contribution in [-0.2, 0) is 16.1 Å². The summed E-state index contributed by atoms with van der Waals surface area (Å²) in [6.45, 7) is 2.88. The first kappa shape index (κ1) is 18.7. The lowest BCUT2D eigenvalue weighted by Gasteiger charge is -2.15. The maximum atomic E-state index is 12.4. The Kier molecular flexibility index (Phi) is 4.99. The highest BCUT2D eigenvalue weighted by molar-refractivity contribution is 6.10. The van der Waals surface area contributed by atoms with Crippen molar-refractivity contribution >= 4 is 34.4 Å². The number of nitrogens with one attached hydrogen (secondary N) is 3. The van der Waals surface area contributed by atoms with Crippen molar-refractivity contribution in [2.24, 2.45) is 0 Å². The predicted octanol–water partition coefficient (Wildman–Crippen LogP) is 1.60. The minimum absolute atomic E-state index is 0.130. The SMILES string of the molecule is Cc1nc2ccccc2n1CCNC(=O)C[C@@H]1NC(=O)c2ccccc2NC1=O. The number of benzene rings is 2. The molecule has 1 aliphatic rings. The molecule has 0 aliphatic carbocycles. The fourth-order valence-electron chi connectivity index (χ4n) is 3.50. The van der Waals surface area contributed by atoms with Crippen molar-refractivity contribution in [3.8, 4) is 0 Å². The summed E-state index contributed by atoms with van der Waals surface area (Å²) in [6.07, 6.45) is -0.130. The average molecular weight is 391 g/mol. The second-order valence-corrected chi connectivity index (χ2v) is 6.91. The number of hydrogen-bond acceptors (Lipinski definition) is 4. The third kappa shape index (κ3) is 3.82.